The standard InChI is InChI=1S/C6H10O4.C5H5N5O/c7-1-2-3-5(9)6(3,10)4(2)8;6-5-9-3-2(4(11)10-5)7-1-8-3/h2-5,7-10H,1H2;1H,(H4,6,7,8,9,10,11)/t2?,3?,4?,5?,6-;/m0./s1. The van der Waals surface area contributed by atoms with Gasteiger partial charge in [0.2, 0.25) is 5.95 Å². The fourth-order valence-electron chi connectivity index (χ4n) is 2.85. The van der Waals surface area contributed by atoms with Crippen LogP contribution in [-0.2, 0) is 0 Å². The smallest absolute Gasteiger partial charge is 0.278 e. The van der Waals surface area contributed by atoms with Gasteiger partial charge >= 0.3 is 0 Å². The van der Waals surface area contributed by atoms with Crippen LogP contribution in [0.3, 0.4) is 0 Å². The lowest BCUT2D eigenvalue weighted by molar-refractivity contribution is -0.131. The molecule has 0 aliphatic heterocycles. The van der Waals surface area contributed by atoms with E-state index in [2.05, 4.69) is 19.9 Å². The molecular weight excluding hydrogens is 282 g/mol. The molecule has 0 spiro atoms. The minimum absolute atomic E-state index is 0.0783. The van der Waals surface area contributed by atoms with E-state index in [9.17, 15) is 9.90 Å². The van der Waals surface area contributed by atoms with E-state index in [4.69, 9.17) is 21.1 Å². The number of imidazole rings is 1. The van der Waals surface area contributed by atoms with Gasteiger partial charge in [-0.1, -0.05) is 0 Å². The zero-order valence-corrected chi connectivity index (χ0v) is 10.8. The summed E-state index contributed by atoms with van der Waals surface area (Å²) in [4.78, 5) is 23.5. The number of fused-ring (bicyclic) bond motifs is 2. The maximum absolute atomic E-state index is 11.0. The van der Waals surface area contributed by atoms with Gasteiger partial charge in [-0.25, -0.2) is 4.98 Å². The third kappa shape index (κ3) is 1.84. The van der Waals surface area contributed by atoms with E-state index in [0.717, 1.165) is 0 Å². The summed E-state index contributed by atoms with van der Waals surface area (Å²) in [5.74, 6) is -0.526. The molecule has 4 unspecified atom stereocenters. The van der Waals surface area contributed by atoms with Crippen molar-refractivity contribution in [2.45, 2.75) is 17.8 Å². The Kier molecular flexibility index (Phi) is 2.99. The van der Waals surface area contributed by atoms with Gasteiger partial charge < -0.3 is 31.1 Å². The second-order valence-corrected chi connectivity index (χ2v) is 5.20. The molecule has 0 amide bonds. The first kappa shape index (κ1) is 13.9. The highest BCUT2D eigenvalue weighted by atomic mass is 16.4. The van der Waals surface area contributed by atoms with Gasteiger partial charge in [0.05, 0.1) is 18.5 Å². The summed E-state index contributed by atoms with van der Waals surface area (Å²) in [6.45, 7) is -0.162. The van der Waals surface area contributed by atoms with Gasteiger partial charge in [-0.3, -0.25) is 9.78 Å². The maximum Gasteiger partial charge on any atom is 0.278 e. The molecule has 0 saturated heterocycles. The van der Waals surface area contributed by atoms with Crippen molar-refractivity contribution in [1.82, 2.24) is 19.9 Å². The van der Waals surface area contributed by atoms with E-state index < -0.39 is 17.8 Å². The SMILES string of the molecule is Nc1nc2nc[nH]c2c(=O)[nH]1.OCC1C(O)[C@]2(O)C(O)C12. The number of nitrogens with two attached hydrogens (primary N) is 1. The first-order valence-corrected chi connectivity index (χ1v) is 6.29. The first-order chi connectivity index (χ1) is 9.91. The molecular formula is C11H15N5O5. The number of aliphatic hydroxyl groups is 4. The quantitative estimate of drug-likeness (QED) is 0.289. The van der Waals surface area contributed by atoms with Gasteiger partial charge in [0.25, 0.3) is 5.56 Å². The highest BCUT2D eigenvalue weighted by Gasteiger charge is 2.81. The third-order valence-electron chi connectivity index (χ3n) is 4.10. The molecule has 2 fully saturated rings. The predicted molar refractivity (Wildman–Crippen MR) is 70.0 cm³/mol. The average molecular weight is 297 g/mol. The second-order valence-electron chi connectivity index (χ2n) is 5.20. The largest absolute Gasteiger partial charge is 0.396 e. The molecule has 0 radical (unpaired) electrons. The highest BCUT2D eigenvalue weighted by molar-refractivity contribution is 5.69. The summed E-state index contributed by atoms with van der Waals surface area (Å²) in [5, 5.41) is 35.9. The van der Waals surface area contributed by atoms with E-state index >= 15 is 0 Å². The van der Waals surface area contributed by atoms with Crippen LogP contribution >= 0.6 is 0 Å². The van der Waals surface area contributed by atoms with Gasteiger partial charge in [0.1, 0.15) is 5.60 Å². The molecule has 0 aromatic carbocycles. The number of hydrogen-bond donors (Lipinski definition) is 7. The van der Waals surface area contributed by atoms with Crippen LogP contribution in [0.5, 0.6) is 0 Å². The Hall–Kier alpha value is -2.01. The molecule has 2 aromatic heterocycles. The van der Waals surface area contributed by atoms with Crippen LogP contribution in [0, 0.1) is 11.8 Å². The average Bonchev–Trinajstić information content (AvgIpc) is 2.81. The fraction of sp³-hybridized carbons (Fsp3) is 0.545. The lowest BCUT2D eigenvalue weighted by Crippen LogP contribution is -2.50. The molecule has 10 heteroatoms. The molecule has 2 aliphatic rings. The third-order valence-corrected chi connectivity index (χ3v) is 4.10. The molecule has 0 bridgehead atoms. The van der Waals surface area contributed by atoms with Gasteiger partial charge in [-0.05, 0) is 0 Å². The fourth-order valence-corrected chi connectivity index (χ4v) is 2.85. The Balaban J connectivity index is 0.000000126. The highest BCUT2D eigenvalue weighted by Crippen LogP contribution is 2.62. The molecule has 5 atom stereocenters. The van der Waals surface area contributed by atoms with Crippen LogP contribution in [0.4, 0.5) is 5.95 Å². The van der Waals surface area contributed by atoms with Gasteiger partial charge in [-0.15, -0.1) is 0 Å². The Bertz CT molecular complexity index is 721. The van der Waals surface area contributed by atoms with Crippen molar-refractivity contribution < 1.29 is 20.4 Å². The normalized spacial score (nSPS) is 36.4. The van der Waals surface area contributed by atoms with Gasteiger partial charge in [0.15, 0.2) is 11.2 Å². The topological polar surface area (TPSA) is 181 Å². The van der Waals surface area contributed by atoms with E-state index in [0.29, 0.717) is 11.2 Å². The summed E-state index contributed by atoms with van der Waals surface area (Å²) in [6, 6.07) is 0. The number of rotatable bonds is 1. The molecule has 2 aromatic rings. The molecule has 114 valence electrons. The lowest BCUT2D eigenvalue weighted by atomic mass is 9.80. The van der Waals surface area contributed by atoms with Gasteiger partial charge in [-0.2, -0.15) is 4.98 Å². The number of nitrogens with zero attached hydrogens (tertiary/aromatic N) is 2. The number of aromatic nitrogens is 4. The van der Waals surface area contributed by atoms with Crippen LogP contribution < -0.4 is 11.3 Å². The number of nitrogens with one attached hydrogen (secondary N) is 2. The number of H-pyrrole nitrogens is 2. The van der Waals surface area contributed by atoms with Crippen molar-refractivity contribution in [3.63, 3.8) is 0 Å². The first-order valence-electron chi connectivity index (χ1n) is 6.29. The Morgan fingerprint density at radius 1 is 1.38 bits per heavy atom. The number of anilines is 1. The molecule has 10 nitrogen and oxygen atoms in total. The van der Waals surface area contributed by atoms with Crippen molar-refractivity contribution in [3.8, 4) is 0 Å². The predicted octanol–water partition coefficient (Wildman–Crippen LogP) is -3.08. The Labute approximate surface area is 117 Å². The zero-order valence-electron chi connectivity index (χ0n) is 10.8. The molecule has 21 heavy (non-hydrogen) atoms. The number of hydrogen-bond acceptors (Lipinski definition) is 8. The van der Waals surface area contributed by atoms with E-state index in [-0.39, 0.29) is 30.0 Å². The maximum atomic E-state index is 11.0. The second kappa shape index (κ2) is 4.49. The van der Waals surface area contributed by atoms with Crippen molar-refractivity contribution in [1.29, 1.82) is 0 Å². The number of nitrogen functional groups attached to an aromatic ring is 1. The number of aliphatic hydroxyl groups excluding tert-OH is 3. The van der Waals surface area contributed by atoms with E-state index in [1.807, 2.05) is 0 Å². The van der Waals surface area contributed by atoms with E-state index in [1.54, 1.807) is 0 Å². The summed E-state index contributed by atoms with van der Waals surface area (Å²) in [6.07, 6.45) is -0.357. The van der Waals surface area contributed by atoms with Crippen LogP contribution in [0.15, 0.2) is 11.1 Å². The molecule has 8 N–H and O–H groups in total. The van der Waals surface area contributed by atoms with Crippen molar-refractivity contribution in [2.75, 3.05) is 12.3 Å². The molecule has 2 heterocycles. The Morgan fingerprint density at radius 2 is 2.10 bits per heavy atom. The Morgan fingerprint density at radius 3 is 2.62 bits per heavy atom. The minimum Gasteiger partial charge on any atom is -0.396 e. The summed E-state index contributed by atoms with van der Waals surface area (Å²) in [5.41, 5.74) is 4.38. The summed E-state index contributed by atoms with van der Waals surface area (Å²) >= 11 is 0. The van der Waals surface area contributed by atoms with Crippen LogP contribution in [0.2, 0.25) is 0 Å². The van der Waals surface area contributed by atoms with Crippen molar-refractivity contribution >= 4 is 17.1 Å². The summed E-state index contributed by atoms with van der Waals surface area (Å²) in [7, 11) is 0. The minimum atomic E-state index is -1.27. The lowest BCUT2D eigenvalue weighted by Gasteiger charge is -2.34. The van der Waals surface area contributed by atoms with Crippen LogP contribution in [-0.4, -0.2) is 64.8 Å². The van der Waals surface area contributed by atoms with Crippen LogP contribution in [0.1, 0.15) is 0 Å². The van der Waals surface area contributed by atoms with Crippen molar-refractivity contribution in [3.05, 3.63) is 16.7 Å². The zero-order chi connectivity index (χ0) is 15.4. The van der Waals surface area contributed by atoms with E-state index in [1.165, 1.54) is 6.33 Å². The number of aromatic amines is 2. The van der Waals surface area contributed by atoms with Crippen LogP contribution in [0.25, 0.3) is 11.2 Å². The molecule has 2 saturated carbocycles. The van der Waals surface area contributed by atoms with Crippen molar-refractivity contribution in [2.24, 2.45) is 11.8 Å². The molecule has 2 aliphatic carbocycles. The van der Waals surface area contributed by atoms with Gasteiger partial charge in [0, 0.05) is 18.4 Å². The summed E-state index contributed by atoms with van der Waals surface area (Å²) < 4.78 is 0. The molecule has 4 rings (SSSR count). The monoisotopic (exact) mass is 297 g/mol.